The molecular weight excluding hydrogens is 665 g/mol. The molecule has 7 nitrogen and oxygen atoms in total. The van der Waals surface area contributed by atoms with Crippen LogP contribution in [0.25, 0.3) is 11.1 Å². The zero-order valence-corrected chi connectivity index (χ0v) is 32.7. The van der Waals surface area contributed by atoms with Gasteiger partial charge >= 0.3 is 14.4 Å². The van der Waals surface area contributed by atoms with Crippen LogP contribution in [0.1, 0.15) is 60.5 Å². The van der Waals surface area contributed by atoms with Crippen molar-refractivity contribution >= 4 is 30.7 Å². The Bertz CT molecular complexity index is 1740. The molecule has 0 saturated heterocycles. The smallest absolute Gasteiger partial charge is 0.408 e. The summed E-state index contributed by atoms with van der Waals surface area (Å²) in [7, 11) is -3.11. The van der Waals surface area contributed by atoms with E-state index in [1.807, 2.05) is 86.3 Å². The molecule has 0 radical (unpaired) electrons. The highest BCUT2D eigenvalue weighted by atomic mass is 28.4. The van der Waals surface area contributed by atoms with E-state index in [-0.39, 0.29) is 17.6 Å². The molecule has 8 heteroatoms. The van der Waals surface area contributed by atoms with Crippen LogP contribution < -0.4 is 15.7 Å². The van der Waals surface area contributed by atoms with Crippen LogP contribution in [0.2, 0.25) is 5.04 Å². The Morgan fingerprint density at radius 2 is 1.31 bits per heavy atom. The van der Waals surface area contributed by atoms with Gasteiger partial charge in [0, 0.05) is 13.1 Å². The molecular formula is C44H54N2O5Si. The average molecular weight is 719 g/mol. The summed E-state index contributed by atoms with van der Waals surface area (Å²) in [6.07, 6.45) is 1.66. The van der Waals surface area contributed by atoms with Gasteiger partial charge in [-0.15, -0.1) is 0 Å². The zero-order chi connectivity index (χ0) is 37.4. The van der Waals surface area contributed by atoms with E-state index in [9.17, 15) is 9.59 Å². The van der Waals surface area contributed by atoms with Crippen molar-refractivity contribution in [1.29, 1.82) is 0 Å². The second kappa shape index (κ2) is 16.8. The lowest BCUT2D eigenvalue weighted by atomic mass is 10.0. The van der Waals surface area contributed by atoms with Gasteiger partial charge in [-0.3, -0.25) is 4.79 Å². The van der Waals surface area contributed by atoms with E-state index in [1.54, 1.807) is 0 Å². The lowest BCUT2D eigenvalue weighted by molar-refractivity contribution is -0.145. The van der Waals surface area contributed by atoms with Gasteiger partial charge in [-0.25, -0.2) is 4.79 Å². The monoisotopic (exact) mass is 718 g/mol. The molecule has 1 aliphatic heterocycles. The van der Waals surface area contributed by atoms with Gasteiger partial charge < -0.3 is 24.1 Å². The molecule has 0 saturated carbocycles. The lowest BCUT2D eigenvalue weighted by Crippen LogP contribution is -2.68. The molecule has 0 aromatic heterocycles. The van der Waals surface area contributed by atoms with Crippen LogP contribution in [0.4, 0.5) is 4.79 Å². The van der Waals surface area contributed by atoms with E-state index in [4.69, 9.17) is 13.9 Å². The topological polar surface area (TPSA) is 77.1 Å². The first-order chi connectivity index (χ1) is 24.8. The van der Waals surface area contributed by atoms with Crippen LogP contribution in [0.15, 0.2) is 127 Å². The van der Waals surface area contributed by atoms with Crippen molar-refractivity contribution in [1.82, 2.24) is 10.2 Å². The largest absolute Gasteiger partial charge is 0.535 e. The molecule has 52 heavy (non-hydrogen) atoms. The maximum atomic E-state index is 14.6. The van der Waals surface area contributed by atoms with E-state index in [0.29, 0.717) is 25.3 Å². The molecule has 1 unspecified atom stereocenters. The molecule has 1 N–H and O–H groups in total. The third-order valence-corrected chi connectivity index (χ3v) is 14.3. The van der Waals surface area contributed by atoms with Gasteiger partial charge in [0.15, 0.2) is 6.10 Å². The summed E-state index contributed by atoms with van der Waals surface area (Å²) in [6.45, 7) is 15.3. The minimum atomic E-state index is -3.11. The molecule has 4 aromatic rings. The highest BCUT2D eigenvalue weighted by Gasteiger charge is 2.54. The Labute approximate surface area is 311 Å². The molecule has 0 fully saturated rings. The fourth-order valence-corrected chi connectivity index (χ4v) is 11.4. The highest BCUT2D eigenvalue weighted by Crippen LogP contribution is 2.39. The Morgan fingerprint density at radius 1 is 0.769 bits per heavy atom. The summed E-state index contributed by atoms with van der Waals surface area (Å²) < 4.78 is 19.4. The lowest BCUT2D eigenvalue weighted by Gasteiger charge is -2.46. The average Bonchev–Trinajstić information content (AvgIpc) is 3.12. The summed E-state index contributed by atoms with van der Waals surface area (Å²) in [6, 6.07) is 38.5. The van der Waals surface area contributed by atoms with Crippen molar-refractivity contribution in [2.75, 3.05) is 19.7 Å². The Balaban J connectivity index is 1.47. The molecule has 0 bridgehead atoms. The molecule has 4 aromatic carbocycles. The number of rotatable bonds is 12. The number of benzene rings is 4. The van der Waals surface area contributed by atoms with Crippen molar-refractivity contribution < 1.29 is 23.5 Å². The molecule has 274 valence electrons. The predicted octanol–water partition coefficient (Wildman–Crippen LogP) is 7.89. The van der Waals surface area contributed by atoms with E-state index in [2.05, 4.69) is 93.7 Å². The summed E-state index contributed by atoms with van der Waals surface area (Å²) in [5.41, 5.74) is 2.71. The number of nitrogens with one attached hydrogen (secondary N) is 1. The minimum absolute atomic E-state index is 0.164. The van der Waals surface area contributed by atoms with Gasteiger partial charge in [-0.1, -0.05) is 143 Å². The first kappa shape index (κ1) is 38.6. The summed E-state index contributed by atoms with van der Waals surface area (Å²) in [4.78, 5) is 30.0. The minimum Gasteiger partial charge on any atom is -0.535 e. The molecule has 1 aliphatic rings. The van der Waals surface area contributed by atoms with Crippen molar-refractivity contribution in [3.63, 3.8) is 0 Å². The van der Waals surface area contributed by atoms with Crippen LogP contribution in [0.5, 0.6) is 0 Å². The molecule has 2 atom stereocenters. The van der Waals surface area contributed by atoms with Crippen molar-refractivity contribution in [3.05, 3.63) is 133 Å². The van der Waals surface area contributed by atoms with Crippen LogP contribution >= 0.6 is 0 Å². The van der Waals surface area contributed by atoms with Crippen LogP contribution in [0.3, 0.4) is 0 Å². The van der Waals surface area contributed by atoms with Crippen LogP contribution in [-0.4, -0.2) is 62.7 Å². The van der Waals surface area contributed by atoms with E-state index >= 15 is 0 Å². The number of ether oxygens (including phenoxy) is 2. The molecule has 5 rings (SSSR count). The van der Waals surface area contributed by atoms with Gasteiger partial charge in [-0.05, 0) is 71.8 Å². The van der Waals surface area contributed by atoms with Gasteiger partial charge in [0.05, 0.1) is 6.61 Å². The maximum Gasteiger partial charge on any atom is 0.408 e. The highest BCUT2D eigenvalue weighted by molar-refractivity contribution is 6.99. The van der Waals surface area contributed by atoms with Gasteiger partial charge in [0.2, 0.25) is 0 Å². The van der Waals surface area contributed by atoms with E-state index < -0.39 is 32.2 Å². The third-order valence-electron chi connectivity index (χ3n) is 9.31. The number of carbonyl (C=O) groups excluding carboxylic acids is 2. The fraction of sp³-hybridized carbons (Fsp3) is 0.364. The quantitative estimate of drug-likeness (QED) is 0.151. The molecule has 2 amide bonds. The number of alkyl carbamates (subject to hydrolysis) is 1. The summed E-state index contributed by atoms with van der Waals surface area (Å²) >= 11 is 0. The Hall–Kier alpha value is -4.66. The Kier molecular flexibility index (Phi) is 12.4. The zero-order valence-electron chi connectivity index (χ0n) is 31.7. The van der Waals surface area contributed by atoms with Crippen LogP contribution in [-0.2, 0) is 25.1 Å². The number of amides is 2. The van der Waals surface area contributed by atoms with Gasteiger partial charge in [0.1, 0.15) is 17.4 Å². The standard InChI is InChI=1S/C44H54N2O5Si/c1-8-30-46(31-28-33-24-26-35(27-25-33)34-18-12-9-13-19-34)41(47)40-39(45-42(48)50-43(2,3)4)38(29-32-49-40)51-52(44(5,6)7,36-20-14-10-15-21-36)37-22-16-11-17-23-37/h9-27,29,39-40H,8,28,30-32H2,1-7H3,(H,45,48)/t39-,40?/m1/s1. The van der Waals surface area contributed by atoms with Crippen molar-refractivity contribution in [2.45, 2.75) is 84.1 Å². The fourth-order valence-electron chi connectivity index (χ4n) is 6.87. The SMILES string of the molecule is CCCN(CCc1ccc(-c2ccccc2)cc1)C(=O)C1OCC=C(O[Si](c2ccccc2)(c2ccccc2)C(C)(C)C)[C@H]1NC(=O)OC(C)(C)C. The normalized spacial score (nSPS) is 16.4. The second-order valence-corrected chi connectivity index (χ2v) is 19.6. The van der Waals surface area contributed by atoms with Crippen LogP contribution in [0, 0.1) is 0 Å². The number of hydrogen-bond acceptors (Lipinski definition) is 5. The maximum absolute atomic E-state index is 14.6. The first-order valence-corrected chi connectivity index (χ1v) is 20.3. The predicted molar refractivity (Wildman–Crippen MR) is 212 cm³/mol. The van der Waals surface area contributed by atoms with E-state index in [0.717, 1.165) is 27.9 Å². The number of carbonyl (C=O) groups is 2. The van der Waals surface area contributed by atoms with Gasteiger partial charge in [0.25, 0.3) is 5.91 Å². The van der Waals surface area contributed by atoms with Gasteiger partial charge in [-0.2, -0.15) is 0 Å². The first-order valence-electron chi connectivity index (χ1n) is 18.4. The second-order valence-electron chi connectivity index (χ2n) is 15.4. The Morgan fingerprint density at radius 3 is 1.83 bits per heavy atom. The summed E-state index contributed by atoms with van der Waals surface area (Å²) in [5, 5.41) is 4.86. The van der Waals surface area contributed by atoms with Crippen molar-refractivity contribution in [2.24, 2.45) is 0 Å². The molecule has 0 spiro atoms. The molecule has 0 aliphatic carbocycles. The number of hydrogen-bond donors (Lipinski definition) is 1. The van der Waals surface area contributed by atoms with E-state index in [1.165, 1.54) is 5.56 Å². The third kappa shape index (κ3) is 9.22. The number of nitrogens with zero attached hydrogens (tertiary/aromatic N) is 1. The summed E-state index contributed by atoms with van der Waals surface area (Å²) in [5.74, 6) is 0.318. The van der Waals surface area contributed by atoms with Crippen molar-refractivity contribution in [3.8, 4) is 11.1 Å². The molecule has 1 heterocycles.